The molecule has 8 nitrogen and oxygen atoms in total. The van der Waals surface area contributed by atoms with Crippen molar-refractivity contribution in [1.29, 1.82) is 5.26 Å². The summed E-state index contributed by atoms with van der Waals surface area (Å²) in [6, 6.07) is 11.9. The molecule has 0 bridgehead atoms. The molecule has 33 heavy (non-hydrogen) atoms. The lowest BCUT2D eigenvalue weighted by Gasteiger charge is -2.16. The van der Waals surface area contributed by atoms with Crippen molar-refractivity contribution in [2.24, 2.45) is 9.98 Å². The molecule has 8 heteroatoms. The summed E-state index contributed by atoms with van der Waals surface area (Å²) in [6.45, 7) is 7.18. The van der Waals surface area contributed by atoms with Crippen LogP contribution in [0.15, 0.2) is 52.4 Å². The second-order valence-electron chi connectivity index (χ2n) is 7.19. The average molecular weight is 441 g/mol. The van der Waals surface area contributed by atoms with Crippen LogP contribution in [0.1, 0.15) is 22.3 Å². The Morgan fingerprint density at radius 2 is 1.21 bits per heavy atom. The highest BCUT2D eigenvalue weighted by atomic mass is 16.5. The average Bonchev–Trinajstić information content (AvgIpc) is 2.77. The van der Waals surface area contributed by atoms with Crippen molar-refractivity contribution in [3.8, 4) is 35.0 Å². The van der Waals surface area contributed by atoms with E-state index in [2.05, 4.69) is 9.98 Å². The van der Waals surface area contributed by atoms with Gasteiger partial charge in [0.1, 0.15) is 17.2 Å². The smallest absolute Gasteiger partial charge is 0.292 e. The van der Waals surface area contributed by atoms with E-state index in [0.717, 1.165) is 16.7 Å². The molecule has 0 spiro atoms. The SMILES string of the molecule is Cc1cc(Oc2cccc(Oc3cc(C)c(OC#N)cc3C)c2N=C=O)c(C)cc1N=C=O. The summed E-state index contributed by atoms with van der Waals surface area (Å²) >= 11 is 0. The number of hydrogen-bond donors (Lipinski definition) is 0. The van der Waals surface area contributed by atoms with Gasteiger partial charge in [0.15, 0.2) is 17.2 Å². The molecule has 0 aliphatic heterocycles. The number of carbonyl (C=O) groups excluding carboxylic acids is 2. The number of aliphatic imine (C=N–C) groups is 2. The Balaban J connectivity index is 2.02. The minimum absolute atomic E-state index is 0.161. The topological polar surface area (TPSA) is 110 Å². The number of rotatable bonds is 7. The normalized spacial score (nSPS) is 9.79. The van der Waals surface area contributed by atoms with Crippen LogP contribution in [-0.4, -0.2) is 12.2 Å². The van der Waals surface area contributed by atoms with Gasteiger partial charge in [-0.1, -0.05) is 6.07 Å². The van der Waals surface area contributed by atoms with Crippen LogP contribution in [0.2, 0.25) is 0 Å². The van der Waals surface area contributed by atoms with Gasteiger partial charge in [0, 0.05) is 0 Å². The zero-order chi connectivity index (χ0) is 24.0. The fourth-order valence-corrected chi connectivity index (χ4v) is 3.15. The highest BCUT2D eigenvalue weighted by molar-refractivity contribution is 5.68. The Morgan fingerprint density at radius 3 is 1.79 bits per heavy atom. The first-order chi connectivity index (χ1) is 15.9. The summed E-state index contributed by atoms with van der Waals surface area (Å²) < 4.78 is 17.0. The van der Waals surface area contributed by atoms with Crippen LogP contribution < -0.4 is 14.2 Å². The van der Waals surface area contributed by atoms with Crippen LogP contribution >= 0.6 is 0 Å². The van der Waals surface area contributed by atoms with Crippen LogP contribution in [0.25, 0.3) is 0 Å². The molecule has 0 saturated carbocycles. The highest BCUT2D eigenvalue weighted by Crippen LogP contribution is 2.43. The predicted octanol–water partition coefficient (Wildman–Crippen LogP) is 6.30. The Bertz CT molecular complexity index is 1360. The van der Waals surface area contributed by atoms with Gasteiger partial charge >= 0.3 is 0 Å². The molecule has 0 saturated heterocycles. The number of ether oxygens (including phenoxy) is 3. The van der Waals surface area contributed by atoms with Crippen LogP contribution in [0.3, 0.4) is 0 Å². The molecule has 3 aromatic rings. The van der Waals surface area contributed by atoms with Crippen molar-refractivity contribution in [2.45, 2.75) is 27.7 Å². The molecule has 0 heterocycles. The van der Waals surface area contributed by atoms with Gasteiger partial charge in [0.25, 0.3) is 6.26 Å². The zero-order valence-electron chi connectivity index (χ0n) is 18.4. The van der Waals surface area contributed by atoms with Gasteiger partial charge in [0.05, 0.1) is 5.69 Å². The number of para-hydroxylation sites is 1. The van der Waals surface area contributed by atoms with Crippen molar-refractivity contribution in [3.63, 3.8) is 0 Å². The number of benzene rings is 3. The van der Waals surface area contributed by atoms with E-state index >= 15 is 0 Å². The summed E-state index contributed by atoms with van der Waals surface area (Å²) in [4.78, 5) is 29.2. The van der Waals surface area contributed by atoms with E-state index in [4.69, 9.17) is 19.5 Å². The summed E-state index contributed by atoms with van der Waals surface area (Å²) in [5.74, 6) is 1.99. The Kier molecular flexibility index (Phi) is 7.02. The molecule has 0 aliphatic rings. The van der Waals surface area contributed by atoms with Gasteiger partial charge in [-0.2, -0.15) is 9.98 Å². The van der Waals surface area contributed by atoms with E-state index in [0.29, 0.717) is 28.5 Å². The molecule has 3 aromatic carbocycles. The van der Waals surface area contributed by atoms with E-state index in [1.54, 1.807) is 82.5 Å². The molecule has 0 N–H and O–H groups in total. The molecule has 0 unspecified atom stereocenters. The summed E-state index contributed by atoms with van der Waals surface area (Å²) in [5, 5.41) is 8.78. The maximum atomic E-state index is 11.2. The van der Waals surface area contributed by atoms with Gasteiger partial charge < -0.3 is 14.2 Å². The second-order valence-corrected chi connectivity index (χ2v) is 7.19. The first-order valence-corrected chi connectivity index (χ1v) is 9.80. The molecule has 0 amide bonds. The Labute approximate surface area is 190 Å². The van der Waals surface area contributed by atoms with Gasteiger partial charge in [-0.05, 0) is 86.3 Å². The molecule has 3 rings (SSSR count). The lowest BCUT2D eigenvalue weighted by atomic mass is 10.1. The summed E-state index contributed by atoms with van der Waals surface area (Å²) in [5.41, 5.74) is 3.52. The molecule has 0 aromatic heterocycles. The van der Waals surface area contributed by atoms with Crippen LogP contribution in [0.4, 0.5) is 11.4 Å². The summed E-state index contributed by atoms with van der Waals surface area (Å²) in [7, 11) is 0. The first kappa shape index (κ1) is 23.0. The van der Waals surface area contributed by atoms with Gasteiger partial charge in [-0.3, -0.25) is 0 Å². The maximum absolute atomic E-state index is 11.2. The standard InChI is InChI=1S/C25H19N3O5/c1-15-9-23(16(2)8-19(15)27-13-29)32-20-6-5-7-21(25(20)28-14-30)33-24-11-17(3)22(31-12-26)10-18(24)4/h5-11H,1-4H3. The van der Waals surface area contributed by atoms with Gasteiger partial charge in [0.2, 0.25) is 12.2 Å². The molecule has 164 valence electrons. The van der Waals surface area contributed by atoms with E-state index < -0.39 is 0 Å². The molecular formula is C25H19N3O5. The number of nitriles is 1. The zero-order valence-corrected chi connectivity index (χ0v) is 18.4. The summed E-state index contributed by atoms with van der Waals surface area (Å²) in [6.07, 6.45) is 4.73. The van der Waals surface area contributed by atoms with Crippen molar-refractivity contribution < 1.29 is 23.8 Å². The first-order valence-electron chi connectivity index (χ1n) is 9.80. The Morgan fingerprint density at radius 1 is 0.697 bits per heavy atom. The van der Waals surface area contributed by atoms with E-state index in [1.807, 2.05) is 0 Å². The fraction of sp³-hybridized carbons (Fsp3) is 0.160. The minimum Gasteiger partial charge on any atom is -0.455 e. The van der Waals surface area contributed by atoms with Crippen LogP contribution in [-0.2, 0) is 9.59 Å². The lowest BCUT2D eigenvalue weighted by molar-refractivity contribution is 0.456. The van der Waals surface area contributed by atoms with Gasteiger partial charge in [-0.15, -0.1) is 5.26 Å². The minimum atomic E-state index is 0.161. The van der Waals surface area contributed by atoms with Crippen LogP contribution in [0.5, 0.6) is 28.7 Å². The monoisotopic (exact) mass is 441 g/mol. The molecule has 0 fully saturated rings. The number of hydrogen-bond acceptors (Lipinski definition) is 8. The maximum Gasteiger partial charge on any atom is 0.292 e. The number of aryl methyl sites for hydroxylation is 4. The van der Waals surface area contributed by atoms with Gasteiger partial charge in [-0.25, -0.2) is 9.59 Å². The largest absolute Gasteiger partial charge is 0.455 e. The molecule has 0 aliphatic carbocycles. The molecule has 0 atom stereocenters. The van der Waals surface area contributed by atoms with Crippen molar-refractivity contribution in [2.75, 3.05) is 0 Å². The van der Waals surface area contributed by atoms with Crippen molar-refractivity contribution in [1.82, 2.24) is 0 Å². The second kappa shape index (κ2) is 10.1. The van der Waals surface area contributed by atoms with Crippen molar-refractivity contribution >= 4 is 23.5 Å². The quantitative estimate of drug-likeness (QED) is 0.242. The third kappa shape index (κ3) is 5.15. The predicted molar refractivity (Wildman–Crippen MR) is 120 cm³/mol. The van der Waals surface area contributed by atoms with E-state index in [9.17, 15) is 9.59 Å². The van der Waals surface area contributed by atoms with E-state index in [-0.39, 0.29) is 17.2 Å². The van der Waals surface area contributed by atoms with Crippen molar-refractivity contribution in [3.05, 3.63) is 64.7 Å². The Hall–Kier alpha value is -4.69. The van der Waals surface area contributed by atoms with Crippen LogP contribution in [0, 0.1) is 39.2 Å². The molecular weight excluding hydrogens is 422 g/mol. The highest BCUT2D eigenvalue weighted by Gasteiger charge is 2.16. The number of nitrogens with zero attached hydrogens (tertiary/aromatic N) is 3. The third-order valence-electron chi connectivity index (χ3n) is 4.85. The van der Waals surface area contributed by atoms with E-state index in [1.165, 1.54) is 6.08 Å². The lowest BCUT2D eigenvalue weighted by Crippen LogP contribution is -1.94. The fourth-order valence-electron chi connectivity index (χ4n) is 3.15. The number of isocyanates is 2. The third-order valence-corrected chi connectivity index (χ3v) is 4.85. The molecule has 0 radical (unpaired) electrons.